The molecule has 3 aromatic rings. The lowest BCUT2D eigenvalue weighted by Crippen LogP contribution is -2.29. The van der Waals surface area contributed by atoms with Crippen LogP contribution in [0, 0.1) is 6.92 Å². The summed E-state index contributed by atoms with van der Waals surface area (Å²) in [5, 5.41) is 15.9. The summed E-state index contributed by atoms with van der Waals surface area (Å²) in [7, 11) is -4.28. The van der Waals surface area contributed by atoms with Gasteiger partial charge < -0.3 is 0 Å². The lowest BCUT2D eigenvalue weighted by Gasteiger charge is -2.08. The van der Waals surface area contributed by atoms with Crippen molar-refractivity contribution in [2.75, 3.05) is 5.01 Å². The molecule has 0 fully saturated rings. The minimum Gasteiger partial charge on any atom is -0.282 e. The van der Waals surface area contributed by atoms with Gasteiger partial charge >= 0.3 is 0 Å². The zero-order valence-electron chi connectivity index (χ0n) is 16.5. The molecule has 0 saturated carbocycles. The van der Waals surface area contributed by atoms with Gasteiger partial charge in [0.05, 0.1) is 22.0 Å². The standard InChI is InChI=1S/C20H17N5O4S2/c1-12-3-5-14(6-4-12)17-11-30-20(21-17)25-19(26)18(13(2)24-25)23-22-15-7-9-16(10-8-15)31(27,28)29/h3-11,18H,1-2H3,(H,27,28,29)/t18-/m0/s1. The van der Waals surface area contributed by atoms with Gasteiger partial charge in [0.25, 0.3) is 16.0 Å². The van der Waals surface area contributed by atoms with Crippen LogP contribution in [0.25, 0.3) is 11.3 Å². The SMILES string of the molecule is CC1=NN(c2nc(-c3ccc(C)cc3)cs2)C(=O)[C@H]1N=Nc1ccc(S(=O)(=O)O)cc1. The zero-order chi connectivity index (χ0) is 22.2. The molecule has 2 heterocycles. The molecular weight excluding hydrogens is 438 g/mol. The van der Waals surface area contributed by atoms with E-state index in [2.05, 4.69) is 20.3 Å². The van der Waals surface area contributed by atoms with Crippen LogP contribution in [-0.4, -0.2) is 35.6 Å². The smallest absolute Gasteiger partial charge is 0.282 e. The quantitative estimate of drug-likeness (QED) is 0.455. The highest BCUT2D eigenvalue weighted by atomic mass is 32.2. The first-order valence-electron chi connectivity index (χ1n) is 9.12. The molecule has 1 N–H and O–H groups in total. The van der Waals surface area contributed by atoms with Gasteiger partial charge in [-0.15, -0.1) is 11.3 Å². The van der Waals surface area contributed by atoms with Crippen LogP contribution in [-0.2, 0) is 14.9 Å². The Morgan fingerprint density at radius 3 is 2.39 bits per heavy atom. The molecule has 0 bridgehead atoms. The van der Waals surface area contributed by atoms with Crippen molar-refractivity contribution in [3.8, 4) is 11.3 Å². The number of hydrogen-bond donors (Lipinski definition) is 1. The minimum absolute atomic E-state index is 0.250. The van der Waals surface area contributed by atoms with Gasteiger partial charge in [-0.2, -0.15) is 28.8 Å². The van der Waals surface area contributed by atoms with Gasteiger partial charge in [0.15, 0.2) is 6.04 Å². The van der Waals surface area contributed by atoms with Crippen molar-refractivity contribution < 1.29 is 17.8 Å². The normalized spacial score (nSPS) is 16.9. The predicted octanol–water partition coefficient (Wildman–Crippen LogP) is 4.24. The van der Waals surface area contributed by atoms with Crippen LogP contribution >= 0.6 is 11.3 Å². The van der Waals surface area contributed by atoms with E-state index in [1.807, 2.05) is 36.6 Å². The maximum absolute atomic E-state index is 12.8. The first kappa shape index (κ1) is 21.0. The summed E-state index contributed by atoms with van der Waals surface area (Å²) in [5.41, 5.74) is 3.66. The molecule has 11 heteroatoms. The van der Waals surface area contributed by atoms with Crippen molar-refractivity contribution in [3.05, 3.63) is 59.5 Å². The van der Waals surface area contributed by atoms with Gasteiger partial charge in [-0.05, 0) is 38.1 Å². The number of nitrogens with zero attached hydrogens (tertiary/aromatic N) is 5. The van der Waals surface area contributed by atoms with Crippen LogP contribution in [0.4, 0.5) is 10.8 Å². The third kappa shape index (κ3) is 4.43. The van der Waals surface area contributed by atoms with Gasteiger partial charge in [0, 0.05) is 10.9 Å². The number of carbonyl (C=O) groups excluding carboxylic acids is 1. The molecule has 4 rings (SSSR count). The fourth-order valence-corrected chi connectivity index (χ4v) is 4.12. The number of carbonyl (C=O) groups is 1. The highest BCUT2D eigenvalue weighted by Gasteiger charge is 2.36. The lowest BCUT2D eigenvalue weighted by molar-refractivity contribution is -0.117. The van der Waals surface area contributed by atoms with E-state index in [0.717, 1.165) is 16.8 Å². The molecule has 0 spiro atoms. The Morgan fingerprint density at radius 1 is 1.06 bits per heavy atom. The number of benzene rings is 2. The van der Waals surface area contributed by atoms with Crippen molar-refractivity contribution in [2.45, 2.75) is 24.8 Å². The van der Waals surface area contributed by atoms with E-state index in [-0.39, 0.29) is 10.8 Å². The molecule has 158 valence electrons. The van der Waals surface area contributed by atoms with Crippen LogP contribution < -0.4 is 5.01 Å². The highest BCUT2D eigenvalue weighted by molar-refractivity contribution is 7.85. The Kier molecular flexibility index (Phi) is 5.48. The van der Waals surface area contributed by atoms with Gasteiger partial charge in [-0.25, -0.2) is 4.98 Å². The van der Waals surface area contributed by atoms with E-state index >= 15 is 0 Å². The fourth-order valence-electron chi connectivity index (χ4n) is 2.85. The molecule has 2 aromatic carbocycles. The summed E-state index contributed by atoms with van der Waals surface area (Å²) in [5.74, 6) is -0.374. The first-order chi connectivity index (χ1) is 14.7. The largest absolute Gasteiger partial charge is 0.294 e. The minimum atomic E-state index is -4.28. The Balaban J connectivity index is 1.51. The maximum atomic E-state index is 12.8. The first-order valence-corrected chi connectivity index (χ1v) is 11.4. The molecule has 31 heavy (non-hydrogen) atoms. The summed E-state index contributed by atoms with van der Waals surface area (Å²) in [6.45, 7) is 3.69. The van der Waals surface area contributed by atoms with Crippen molar-refractivity contribution in [2.24, 2.45) is 15.3 Å². The van der Waals surface area contributed by atoms with Crippen LogP contribution in [0.1, 0.15) is 12.5 Å². The molecule has 0 aliphatic carbocycles. The monoisotopic (exact) mass is 455 g/mol. The molecule has 1 aliphatic heterocycles. The lowest BCUT2D eigenvalue weighted by atomic mass is 10.1. The van der Waals surface area contributed by atoms with Crippen molar-refractivity contribution >= 4 is 43.9 Å². The van der Waals surface area contributed by atoms with E-state index in [1.54, 1.807) is 6.92 Å². The summed E-state index contributed by atoms with van der Waals surface area (Å²) in [6.07, 6.45) is 0. The van der Waals surface area contributed by atoms with E-state index in [1.165, 1.54) is 40.6 Å². The van der Waals surface area contributed by atoms with E-state index in [4.69, 9.17) is 4.55 Å². The Bertz CT molecular complexity index is 1300. The van der Waals surface area contributed by atoms with Crippen LogP contribution in [0.2, 0.25) is 0 Å². The summed E-state index contributed by atoms with van der Waals surface area (Å²) >= 11 is 1.31. The van der Waals surface area contributed by atoms with Crippen LogP contribution in [0.3, 0.4) is 0 Å². The molecular formula is C20H17N5O4S2. The second-order valence-corrected chi connectivity index (χ2v) is 9.12. The molecule has 9 nitrogen and oxygen atoms in total. The summed E-state index contributed by atoms with van der Waals surface area (Å²) in [4.78, 5) is 17.1. The number of hydrogen-bond acceptors (Lipinski definition) is 8. The molecule has 1 aromatic heterocycles. The van der Waals surface area contributed by atoms with E-state index in [0.29, 0.717) is 16.5 Å². The average Bonchev–Trinajstić information content (AvgIpc) is 3.32. The number of aromatic nitrogens is 1. The molecule has 0 saturated heterocycles. The highest BCUT2D eigenvalue weighted by Crippen LogP contribution is 2.31. The van der Waals surface area contributed by atoms with Crippen molar-refractivity contribution in [3.63, 3.8) is 0 Å². The molecule has 0 unspecified atom stereocenters. The number of aryl methyl sites for hydroxylation is 1. The van der Waals surface area contributed by atoms with Gasteiger partial charge in [-0.1, -0.05) is 29.8 Å². The number of rotatable bonds is 5. The van der Waals surface area contributed by atoms with Crippen molar-refractivity contribution in [1.29, 1.82) is 0 Å². The topological polar surface area (TPSA) is 125 Å². The number of thiazole rings is 1. The average molecular weight is 456 g/mol. The Morgan fingerprint density at radius 2 is 1.74 bits per heavy atom. The molecule has 1 amide bonds. The van der Waals surface area contributed by atoms with Gasteiger partial charge in [-0.3, -0.25) is 9.35 Å². The fraction of sp³-hybridized carbons (Fsp3) is 0.150. The maximum Gasteiger partial charge on any atom is 0.294 e. The number of hydrazone groups is 1. The van der Waals surface area contributed by atoms with Crippen molar-refractivity contribution in [1.82, 2.24) is 4.98 Å². The summed E-state index contributed by atoms with van der Waals surface area (Å²) in [6, 6.07) is 12.2. The van der Waals surface area contributed by atoms with Crippen LogP contribution in [0.5, 0.6) is 0 Å². The third-order valence-corrected chi connectivity index (χ3v) is 6.22. The van der Waals surface area contributed by atoms with E-state index < -0.39 is 16.2 Å². The molecule has 1 aliphatic rings. The number of anilines is 1. The van der Waals surface area contributed by atoms with Crippen LogP contribution in [0.15, 0.2) is 74.1 Å². The predicted molar refractivity (Wildman–Crippen MR) is 117 cm³/mol. The second kappa shape index (κ2) is 8.10. The zero-order valence-corrected chi connectivity index (χ0v) is 18.1. The van der Waals surface area contributed by atoms with E-state index in [9.17, 15) is 13.2 Å². The molecule has 1 atom stereocenters. The number of azo groups is 1. The third-order valence-electron chi connectivity index (χ3n) is 4.54. The van der Waals surface area contributed by atoms with Gasteiger partial charge in [0.1, 0.15) is 0 Å². The second-order valence-electron chi connectivity index (χ2n) is 6.86. The van der Waals surface area contributed by atoms with Gasteiger partial charge in [0.2, 0.25) is 5.13 Å². The molecule has 0 radical (unpaired) electrons. The Hall–Kier alpha value is -3.28. The Labute approximate surface area is 182 Å². The summed E-state index contributed by atoms with van der Waals surface area (Å²) < 4.78 is 31.2. The number of amides is 1.